The Morgan fingerprint density at radius 1 is 1.27 bits per heavy atom. The molecule has 1 aliphatic heterocycles. The number of aromatic nitrogens is 3. The minimum absolute atomic E-state index is 0.0135. The van der Waals surface area contributed by atoms with Crippen LogP contribution in [-0.4, -0.2) is 39.3 Å². The Bertz CT molecular complexity index is 888. The molecule has 9 nitrogen and oxygen atoms in total. The van der Waals surface area contributed by atoms with Crippen LogP contribution in [0.15, 0.2) is 18.5 Å². The van der Waals surface area contributed by atoms with Gasteiger partial charge < -0.3 is 22.1 Å². The second kappa shape index (κ2) is 6.57. The maximum atomic E-state index is 9.22. The monoisotopic (exact) mass is 351 g/mol. The minimum atomic E-state index is -0.160. The van der Waals surface area contributed by atoms with Gasteiger partial charge in [0.25, 0.3) is 0 Å². The third-order valence-corrected chi connectivity index (χ3v) is 4.57. The summed E-state index contributed by atoms with van der Waals surface area (Å²) in [6.07, 6.45) is 4.63. The summed E-state index contributed by atoms with van der Waals surface area (Å²) in [5.74, 6) is 1.00. The summed E-state index contributed by atoms with van der Waals surface area (Å²) in [6.45, 7) is 3.59. The SMILES string of the molecule is CC1(N)CCN(c2cnc(C(=N)c3cc(N)ncc3C#N)c(N)n2)CC1. The van der Waals surface area contributed by atoms with Gasteiger partial charge in [0.05, 0.1) is 17.5 Å². The zero-order chi connectivity index (χ0) is 18.9. The number of nitrogens with two attached hydrogens (primary N) is 3. The van der Waals surface area contributed by atoms with Crippen LogP contribution < -0.4 is 22.1 Å². The van der Waals surface area contributed by atoms with Gasteiger partial charge in [-0.15, -0.1) is 0 Å². The molecule has 0 aromatic carbocycles. The molecular weight excluding hydrogens is 330 g/mol. The molecule has 1 saturated heterocycles. The van der Waals surface area contributed by atoms with Gasteiger partial charge in [0.2, 0.25) is 0 Å². The lowest BCUT2D eigenvalue weighted by Gasteiger charge is -2.37. The van der Waals surface area contributed by atoms with E-state index >= 15 is 0 Å². The maximum absolute atomic E-state index is 9.22. The Kier molecular flexibility index (Phi) is 4.44. The lowest BCUT2D eigenvalue weighted by molar-refractivity contribution is 0.363. The molecule has 3 rings (SSSR count). The molecule has 1 aliphatic rings. The van der Waals surface area contributed by atoms with Gasteiger partial charge in [0, 0.05) is 30.4 Å². The first kappa shape index (κ1) is 17.6. The van der Waals surface area contributed by atoms with Crippen LogP contribution in [0.1, 0.15) is 36.6 Å². The highest BCUT2D eigenvalue weighted by Crippen LogP contribution is 2.24. The molecule has 2 aromatic rings. The van der Waals surface area contributed by atoms with Crippen molar-refractivity contribution in [3.05, 3.63) is 35.3 Å². The standard InChI is InChI=1S/C17H21N9/c1-17(22)2-4-26(5-3-17)13-9-24-15(16(21)25-13)14(20)11-6-12(19)23-8-10(11)7-18/h6,8-9,20H,2-5,22H2,1H3,(H2,19,23)(H2,21,25). The van der Waals surface area contributed by atoms with Crippen molar-refractivity contribution in [3.8, 4) is 6.07 Å². The molecule has 0 amide bonds. The zero-order valence-electron chi connectivity index (χ0n) is 14.5. The van der Waals surface area contributed by atoms with E-state index in [4.69, 9.17) is 22.6 Å². The largest absolute Gasteiger partial charge is 0.384 e. The van der Waals surface area contributed by atoms with E-state index in [0.717, 1.165) is 25.9 Å². The molecule has 0 unspecified atom stereocenters. The molecule has 3 heterocycles. The predicted molar refractivity (Wildman–Crippen MR) is 99.8 cm³/mol. The molecule has 134 valence electrons. The average Bonchev–Trinajstić information content (AvgIpc) is 2.61. The van der Waals surface area contributed by atoms with Crippen LogP contribution in [0.5, 0.6) is 0 Å². The van der Waals surface area contributed by atoms with Crippen LogP contribution in [0.25, 0.3) is 0 Å². The number of hydrogen-bond acceptors (Lipinski definition) is 9. The number of nitrogen functional groups attached to an aromatic ring is 2. The quantitative estimate of drug-likeness (QED) is 0.584. The lowest BCUT2D eigenvalue weighted by atomic mass is 9.91. The summed E-state index contributed by atoms with van der Waals surface area (Å²) in [4.78, 5) is 14.7. The van der Waals surface area contributed by atoms with Crippen LogP contribution in [0.3, 0.4) is 0 Å². The van der Waals surface area contributed by atoms with Crippen molar-refractivity contribution in [2.75, 3.05) is 29.5 Å². The predicted octanol–water partition coefficient (Wildman–Crippen LogP) is 0.641. The molecule has 0 bridgehead atoms. The number of rotatable bonds is 3. The van der Waals surface area contributed by atoms with Gasteiger partial charge >= 0.3 is 0 Å². The Balaban J connectivity index is 1.88. The van der Waals surface area contributed by atoms with Crippen molar-refractivity contribution in [1.29, 1.82) is 10.7 Å². The normalized spacial score (nSPS) is 16.1. The Morgan fingerprint density at radius 2 is 1.96 bits per heavy atom. The van der Waals surface area contributed by atoms with E-state index in [1.54, 1.807) is 6.20 Å². The zero-order valence-corrected chi connectivity index (χ0v) is 14.5. The fourth-order valence-electron chi connectivity index (χ4n) is 2.88. The number of nitrogens with one attached hydrogen (secondary N) is 1. The van der Waals surface area contributed by atoms with Crippen LogP contribution >= 0.6 is 0 Å². The van der Waals surface area contributed by atoms with Crippen LogP contribution in [-0.2, 0) is 0 Å². The Labute approximate surface area is 151 Å². The fraction of sp³-hybridized carbons (Fsp3) is 0.353. The molecule has 9 heteroatoms. The Morgan fingerprint density at radius 3 is 2.58 bits per heavy atom. The van der Waals surface area contributed by atoms with E-state index in [1.807, 2.05) is 13.0 Å². The van der Waals surface area contributed by atoms with Gasteiger partial charge in [-0.2, -0.15) is 5.26 Å². The first-order valence-corrected chi connectivity index (χ1v) is 8.22. The van der Waals surface area contributed by atoms with Crippen molar-refractivity contribution < 1.29 is 0 Å². The van der Waals surface area contributed by atoms with Crippen molar-refractivity contribution >= 4 is 23.2 Å². The lowest BCUT2D eigenvalue weighted by Crippen LogP contribution is -2.48. The van der Waals surface area contributed by atoms with E-state index in [0.29, 0.717) is 11.4 Å². The smallest absolute Gasteiger partial charge is 0.154 e. The first-order valence-electron chi connectivity index (χ1n) is 8.22. The number of nitrogens with zero attached hydrogens (tertiary/aromatic N) is 5. The van der Waals surface area contributed by atoms with Gasteiger partial charge in [-0.1, -0.05) is 0 Å². The maximum Gasteiger partial charge on any atom is 0.154 e. The molecule has 7 N–H and O–H groups in total. The third-order valence-electron chi connectivity index (χ3n) is 4.57. The summed E-state index contributed by atoms with van der Waals surface area (Å²) < 4.78 is 0. The summed E-state index contributed by atoms with van der Waals surface area (Å²) in [5.41, 5.74) is 18.5. The van der Waals surface area contributed by atoms with Crippen molar-refractivity contribution in [2.24, 2.45) is 5.73 Å². The van der Waals surface area contributed by atoms with Crippen molar-refractivity contribution in [3.63, 3.8) is 0 Å². The summed E-state index contributed by atoms with van der Waals surface area (Å²) in [6, 6.07) is 3.46. The van der Waals surface area contributed by atoms with Gasteiger partial charge in [-0.3, -0.25) is 5.41 Å². The fourth-order valence-corrected chi connectivity index (χ4v) is 2.88. The van der Waals surface area contributed by atoms with E-state index < -0.39 is 0 Å². The van der Waals surface area contributed by atoms with E-state index in [1.165, 1.54) is 12.3 Å². The van der Waals surface area contributed by atoms with Crippen molar-refractivity contribution in [1.82, 2.24) is 15.0 Å². The molecule has 0 aliphatic carbocycles. The number of anilines is 3. The summed E-state index contributed by atoms with van der Waals surface area (Å²) in [7, 11) is 0. The van der Waals surface area contributed by atoms with E-state index in [-0.39, 0.29) is 34.1 Å². The summed E-state index contributed by atoms with van der Waals surface area (Å²) in [5, 5.41) is 17.6. The highest BCUT2D eigenvalue weighted by Gasteiger charge is 2.27. The van der Waals surface area contributed by atoms with Gasteiger partial charge in [0.15, 0.2) is 5.82 Å². The van der Waals surface area contributed by atoms with Crippen LogP contribution in [0, 0.1) is 16.7 Å². The van der Waals surface area contributed by atoms with E-state index in [9.17, 15) is 5.26 Å². The highest BCUT2D eigenvalue weighted by molar-refractivity contribution is 6.13. The number of nitriles is 1. The number of pyridine rings is 1. The molecule has 1 fully saturated rings. The first-order chi connectivity index (χ1) is 12.3. The molecule has 0 saturated carbocycles. The van der Waals surface area contributed by atoms with Gasteiger partial charge in [0.1, 0.15) is 23.4 Å². The average molecular weight is 351 g/mol. The molecular formula is C17H21N9. The van der Waals surface area contributed by atoms with Gasteiger partial charge in [-0.05, 0) is 25.8 Å². The second-order valence-electron chi connectivity index (χ2n) is 6.74. The van der Waals surface area contributed by atoms with Crippen LogP contribution in [0.2, 0.25) is 0 Å². The molecule has 0 spiro atoms. The number of hydrogen-bond donors (Lipinski definition) is 4. The second-order valence-corrected chi connectivity index (χ2v) is 6.74. The Hall–Kier alpha value is -3.25. The minimum Gasteiger partial charge on any atom is -0.384 e. The van der Waals surface area contributed by atoms with Gasteiger partial charge in [-0.25, -0.2) is 15.0 Å². The topological polar surface area (TPSA) is 168 Å². The molecule has 0 atom stereocenters. The van der Waals surface area contributed by atoms with Crippen molar-refractivity contribution in [2.45, 2.75) is 25.3 Å². The molecule has 2 aromatic heterocycles. The summed E-state index contributed by atoms with van der Waals surface area (Å²) >= 11 is 0. The molecule has 0 radical (unpaired) electrons. The van der Waals surface area contributed by atoms with E-state index in [2.05, 4.69) is 19.9 Å². The number of piperidine rings is 1. The highest BCUT2D eigenvalue weighted by atomic mass is 15.2. The molecule has 26 heavy (non-hydrogen) atoms. The third kappa shape index (κ3) is 3.41. The van der Waals surface area contributed by atoms with Crippen LogP contribution in [0.4, 0.5) is 17.5 Å².